The van der Waals surface area contributed by atoms with Gasteiger partial charge in [0, 0.05) is 37.2 Å². The van der Waals surface area contributed by atoms with Gasteiger partial charge in [-0.1, -0.05) is 11.6 Å². The van der Waals surface area contributed by atoms with Gasteiger partial charge in [0.15, 0.2) is 0 Å². The van der Waals surface area contributed by atoms with Crippen LogP contribution in [0.5, 0.6) is 0 Å². The van der Waals surface area contributed by atoms with Crippen molar-refractivity contribution in [3.8, 4) is 0 Å². The van der Waals surface area contributed by atoms with Gasteiger partial charge in [-0.25, -0.2) is 9.78 Å². The van der Waals surface area contributed by atoms with Crippen LogP contribution < -0.4 is 16.3 Å². The van der Waals surface area contributed by atoms with Gasteiger partial charge >= 0.3 is 5.69 Å². The lowest BCUT2D eigenvalue weighted by atomic mass is 10.1. The Kier molecular flexibility index (Phi) is 3.78. The van der Waals surface area contributed by atoms with Crippen molar-refractivity contribution in [2.24, 2.45) is 7.05 Å². The smallest absolute Gasteiger partial charge is 0.328 e. The zero-order chi connectivity index (χ0) is 16.7. The lowest BCUT2D eigenvalue weighted by Gasteiger charge is -2.27. The number of benzene rings is 1. The van der Waals surface area contributed by atoms with Crippen molar-refractivity contribution in [1.82, 2.24) is 19.4 Å². The number of aryl methyl sites for hydroxylation is 1. The standard InChI is InChI=1S/C17H18ClN5O/c1-22-14-3-2-11(21-12-4-7-20-16(18)9-12)8-15(14)23(17(22)24)10-13-5-6-19-13/h2-4,7-9,13,19H,5-6,10H2,1H3,(H,20,21). The molecule has 1 unspecified atom stereocenters. The zero-order valence-electron chi connectivity index (χ0n) is 13.3. The van der Waals surface area contributed by atoms with E-state index < -0.39 is 0 Å². The highest BCUT2D eigenvalue weighted by Gasteiger charge is 2.20. The first-order chi connectivity index (χ1) is 11.6. The van der Waals surface area contributed by atoms with Crippen molar-refractivity contribution < 1.29 is 0 Å². The molecule has 124 valence electrons. The minimum atomic E-state index is 0.0165. The highest BCUT2D eigenvalue weighted by atomic mass is 35.5. The van der Waals surface area contributed by atoms with Crippen LogP contribution in [0.3, 0.4) is 0 Å². The predicted molar refractivity (Wildman–Crippen MR) is 96.1 cm³/mol. The Bertz CT molecular complexity index is 957. The average molecular weight is 344 g/mol. The number of anilines is 2. The fourth-order valence-electron chi connectivity index (χ4n) is 3.04. The van der Waals surface area contributed by atoms with Crippen molar-refractivity contribution in [2.75, 3.05) is 11.9 Å². The highest BCUT2D eigenvalue weighted by Crippen LogP contribution is 2.23. The maximum Gasteiger partial charge on any atom is 0.328 e. The van der Waals surface area contributed by atoms with Crippen molar-refractivity contribution in [3.05, 3.63) is 52.2 Å². The molecule has 1 saturated heterocycles. The highest BCUT2D eigenvalue weighted by molar-refractivity contribution is 6.29. The Labute approximate surface area is 144 Å². The number of hydrogen-bond donors (Lipinski definition) is 2. The van der Waals surface area contributed by atoms with E-state index in [9.17, 15) is 4.79 Å². The molecule has 24 heavy (non-hydrogen) atoms. The lowest BCUT2D eigenvalue weighted by molar-refractivity contribution is 0.330. The molecule has 0 radical (unpaired) electrons. The van der Waals surface area contributed by atoms with E-state index in [0.717, 1.165) is 35.4 Å². The largest absolute Gasteiger partial charge is 0.355 e. The van der Waals surface area contributed by atoms with Gasteiger partial charge in [-0.05, 0) is 43.3 Å². The summed E-state index contributed by atoms with van der Waals surface area (Å²) in [6, 6.07) is 9.93. The Morgan fingerprint density at radius 3 is 2.79 bits per heavy atom. The summed E-state index contributed by atoms with van der Waals surface area (Å²) >= 11 is 5.93. The number of aromatic nitrogens is 3. The van der Waals surface area contributed by atoms with Crippen molar-refractivity contribution in [1.29, 1.82) is 0 Å². The molecule has 2 N–H and O–H groups in total. The summed E-state index contributed by atoms with van der Waals surface area (Å²) in [6.45, 7) is 1.72. The van der Waals surface area contributed by atoms with Gasteiger partial charge in [-0.3, -0.25) is 9.13 Å². The van der Waals surface area contributed by atoms with Crippen LogP contribution in [0.1, 0.15) is 6.42 Å². The molecule has 0 spiro atoms. The Hall–Kier alpha value is -2.31. The van der Waals surface area contributed by atoms with Gasteiger partial charge in [0.1, 0.15) is 5.15 Å². The SMILES string of the molecule is Cn1c(=O)n(CC2CCN2)c2cc(Nc3ccnc(Cl)c3)ccc21. The van der Waals surface area contributed by atoms with E-state index in [1.807, 2.05) is 35.9 Å². The monoisotopic (exact) mass is 343 g/mol. The Morgan fingerprint density at radius 1 is 1.29 bits per heavy atom. The van der Waals surface area contributed by atoms with Crippen molar-refractivity contribution in [2.45, 2.75) is 19.0 Å². The third kappa shape index (κ3) is 2.68. The Morgan fingerprint density at radius 2 is 2.08 bits per heavy atom. The molecule has 3 heterocycles. The van der Waals surface area contributed by atoms with E-state index in [1.54, 1.807) is 16.8 Å². The van der Waals surface area contributed by atoms with Gasteiger partial charge in [-0.2, -0.15) is 0 Å². The molecule has 0 aliphatic carbocycles. The Balaban J connectivity index is 1.73. The van der Waals surface area contributed by atoms with Gasteiger partial charge < -0.3 is 10.6 Å². The summed E-state index contributed by atoms with van der Waals surface area (Å²) < 4.78 is 3.54. The zero-order valence-corrected chi connectivity index (χ0v) is 14.0. The molecule has 3 aromatic rings. The van der Waals surface area contributed by atoms with Crippen molar-refractivity contribution in [3.63, 3.8) is 0 Å². The topological polar surface area (TPSA) is 63.9 Å². The summed E-state index contributed by atoms with van der Waals surface area (Å²) in [5.74, 6) is 0. The second-order valence-corrected chi connectivity index (χ2v) is 6.47. The molecule has 1 fully saturated rings. The van der Waals surface area contributed by atoms with Crippen LogP contribution >= 0.6 is 11.6 Å². The molecule has 4 rings (SSSR count). The summed E-state index contributed by atoms with van der Waals surface area (Å²) in [4.78, 5) is 16.5. The van der Waals surface area contributed by atoms with Gasteiger partial charge in [0.25, 0.3) is 0 Å². The molecule has 0 amide bonds. The second-order valence-electron chi connectivity index (χ2n) is 6.09. The number of nitrogens with one attached hydrogen (secondary N) is 2. The van der Waals surface area contributed by atoms with Crippen LogP contribution in [0.4, 0.5) is 11.4 Å². The first-order valence-corrected chi connectivity index (χ1v) is 8.31. The normalized spacial score (nSPS) is 17.0. The maximum absolute atomic E-state index is 12.5. The summed E-state index contributed by atoms with van der Waals surface area (Å²) in [7, 11) is 1.81. The van der Waals surface area contributed by atoms with E-state index in [0.29, 0.717) is 17.7 Å². The molecule has 1 aliphatic rings. The quantitative estimate of drug-likeness (QED) is 0.714. The van der Waals surface area contributed by atoms with Crippen LogP contribution in [0.25, 0.3) is 11.0 Å². The number of fused-ring (bicyclic) bond motifs is 1. The predicted octanol–water partition coefficient (Wildman–Crippen LogP) is 2.49. The number of imidazole rings is 1. The van der Waals surface area contributed by atoms with Crippen LogP contribution in [-0.4, -0.2) is 26.7 Å². The van der Waals surface area contributed by atoms with Crippen LogP contribution in [0.15, 0.2) is 41.3 Å². The van der Waals surface area contributed by atoms with Crippen molar-refractivity contribution >= 4 is 34.0 Å². The van der Waals surface area contributed by atoms with Gasteiger partial charge in [0.05, 0.1) is 11.0 Å². The fourth-order valence-corrected chi connectivity index (χ4v) is 3.21. The molecule has 7 heteroatoms. The van der Waals surface area contributed by atoms with Crippen LogP contribution in [0.2, 0.25) is 5.15 Å². The molecular formula is C17H18ClN5O. The molecular weight excluding hydrogens is 326 g/mol. The van der Waals surface area contributed by atoms with E-state index in [4.69, 9.17) is 11.6 Å². The minimum Gasteiger partial charge on any atom is -0.355 e. The number of pyridine rings is 1. The third-order valence-electron chi connectivity index (χ3n) is 4.49. The number of halogens is 1. The first-order valence-electron chi connectivity index (χ1n) is 7.93. The number of nitrogens with zero attached hydrogens (tertiary/aromatic N) is 3. The molecule has 1 aliphatic heterocycles. The molecule has 1 atom stereocenters. The van der Waals surface area contributed by atoms with Crippen LogP contribution in [0, 0.1) is 0 Å². The minimum absolute atomic E-state index is 0.0165. The lowest BCUT2D eigenvalue weighted by Crippen LogP contribution is -2.47. The van der Waals surface area contributed by atoms with E-state index in [-0.39, 0.29) is 5.69 Å². The number of hydrogen-bond acceptors (Lipinski definition) is 4. The molecule has 6 nitrogen and oxygen atoms in total. The molecule has 1 aromatic carbocycles. The average Bonchev–Trinajstić information content (AvgIpc) is 2.75. The van der Waals surface area contributed by atoms with Gasteiger partial charge in [0.2, 0.25) is 0 Å². The number of rotatable bonds is 4. The first kappa shape index (κ1) is 15.2. The summed E-state index contributed by atoms with van der Waals surface area (Å²) in [5.41, 5.74) is 3.65. The molecule has 2 aromatic heterocycles. The van der Waals surface area contributed by atoms with E-state index in [2.05, 4.69) is 15.6 Å². The summed E-state index contributed by atoms with van der Waals surface area (Å²) in [6.07, 6.45) is 2.76. The van der Waals surface area contributed by atoms with E-state index >= 15 is 0 Å². The third-order valence-corrected chi connectivity index (χ3v) is 4.70. The fraction of sp³-hybridized carbons (Fsp3) is 0.294. The van der Waals surface area contributed by atoms with Gasteiger partial charge in [-0.15, -0.1) is 0 Å². The molecule has 0 saturated carbocycles. The maximum atomic E-state index is 12.5. The van der Waals surface area contributed by atoms with E-state index in [1.165, 1.54) is 0 Å². The molecule has 0 bridgehead atoms. The van der Waals surface area contributed by atoms with Crippen LogP contribution in [-0.2, 0) is 13.6 Å². The summed E-state index contributed by atoms with van der Waals surface area (Å²) in [5, 5.41) is 7.10. The second kappa shape index (κ2) is 5.96.